The second-order valence-electron chi connectivity index (χ2n) is 4.17. The van der Waals surface area contributed by atoms with Gasteiger partial charge in [0.25, 0.3) is 0 Å². The average Bonchev–Trinajstić information content (AvgIpc) is 2.34. The van der Waals surface area contributed by atoms with E-state index in [2.05, 4.69) is 25.2 Å². The lowest BCUT2D eigenvalue weighted by atomic mass is 9.99. The Labute approximate surface area is 109 Å². The van der Waals surface area contributed by atoms with Crippen LogP contribution in [0.4, 0.5) is 0 Å². The second-order valence-corrected chi connectivity index (χ2v) is 4.61. The van der Waals surface area contributed by atoms with Gasteiger partial charge in [-0.15, -0.1) is 0 Å². The molecule has 0 amide bonds. The van der Waals surface area contributed by atoms with Gasteiger partial charge in [0.05, 0.1) is 12.1 Å². The van der Waals surface area contributed by atoms with E-state index in [4.69, 9.17) is 16.3 Å². The Hall–Kier alpha value is -0.570. The molecule has 0 aliphatic rings. The molecule has 0 aliphatic heterocycles. The number of benzene rings is 1. The lowest BCUT2D eigenvalue weighted by molar-refractivity contribution is 0.0651. The van der Waals surface area contributed by atoms with Gasteiger partial charge in [0.15, 0.2) is 0 Å². The van der Waals surface area contributed by atoms with Crippen molar-refractivity contribution < 1.29 is 4.74 Å². The van der Waals surface area contributed by atoms with Crippen LogP contribution in [0.1, 0.15) is 38.3 Å². The molecule has 1 N–H and O–H groups in total. The maximum absolute atomic E-state index is 6.05. The number of hydrogen-bond acceptors (Lipinski definition) is 2. The number of nitrogens with one attached hydrogen (secondary N) is 1. The highest BCUT2D eigenvalue weighted by Gasteiger charge is 2.20. The van der Waals surface area contributed by atoms with Gasteiger partial charge in [-0.25, -0.2) is 0 Å². The molecule has 2 atom stereocenters. The maximum atomic E-state index is 6.05. The summed E-state index contributed by atoms with van der Waals surface area (Å²) in [7, 11) is 1.76. The van der Waals surface area contributed by atoms with E-state index < -0.39 is 0 Å². The first-order valence-corrected chi connectivity index (χ1v) is 6.62. The Bertz CT molecular complexity index is 326. The van der Waals surface area contributed by atoms with E-state index in [1.807, 2.05) is 18.2 Å². The first kappa shape index (κ1) is 14.5. The Balaban J connectivity index is 2.88. The summed E-state index contributed by atoms with van der Waals surface area (Å²) >= 11 is 6.05. The zero-order valence-corrected chi connectivity index (χ0v) is 11.6. The Kier molecular flexibility index (Phi) is 6.56. The smallest absolute Gasteiger partial charge is 0.0763 e. The highest BCUT2D eigenvalue weighted by Crippen LogP contribution is 2.23. The minimum atomic E-state index is 0.181. The molecule has 0 fully saturated rings. The van der Waals surface area contributed by atoms with Crippen molar-refractivity contribution in [2.24, 2.45) is 0 Å². The summed E-state index contributed by atoms with van der Waals surface area (Å²) in [5.74, 6) is 0. The molecule has 0 radical (unpaired) electrons. The molecule has 0 saturated heterocycles. The highest BCUT2D eigenvalue weighted by molar-refractivity contribution is 6.30. The summed E-state index contributed by atoms with van der Waals surface area (Å²) in [6, 6.07) is 8.21. The molecule has 3 heteroatoms. The van der Waals surface area contributed by atoms with Crippen molar-refractivity contribution >= 4 is 11.6 Å². The van der Waals surface area contributed by atoms with Crippen molar-refractivity contribution in [3.63, 3.8) is 0 Å². The molecule has 0 saturated carbocycles. The summed E-state index contributed by atoms with van der Waals surface area (Å²) < 4.78 is 5.55. The molecular weight excluding hydrogens is 234 g/mol. The Morgan fingerprint density at radius 2 is 2.12 bits per heavy atom. The number of rotatable bonds is 7. The van der Waals surface area contributed by atoms with E-state index in [-0.39, 0.29) is 12.1 Å². The first-order chi connectivity index (χ1) is 8.22. The summed E-state index contributed by atoms with van der Waals surface area (Å²) in [5.41, 5.74) is 1.19. The molecule has 1 rings (SSSR count). The van der Waals surface area contributed by atoms with Crippen LogP contribution in [0.2, 0.25) is 5.02 Å². The third-order valence-corrected chi connectivity index (χ3v) is 3.13. The second kappa shape index (κ2) is 7.70. The third kappa shape index (κ3) is 4.30. The van der Waals surface area contributed by atoms with Crippen molar-refractivity contribution in [2.75, 3.05) is 13.7 Å². The van der Waals surface area contributed by atoms with Gasteiger partial charge in [-0.1, -0.05) is 37.6 Å². The van der Waals surface area contributed by atoms with E-state index in [0.29, 0.717) is 0 Å². The molecule has 0 aromatic heterocycles. The van der Waals surface area contributed by atoms with Crippen LogP contribution in [0, 0.1) is 0 Å². The van der Waals surface area contributed by atoms with E-state index in [0.717, 1.165) is 24.4 Å². The van der Waals surface area contributed by atoms with Crippen molar-refractivity contribution in [2.45, 2.75) is 38.8 Å². The lowest BCUT2D eigenvalue weighted by Crippen LogP contribution is -2.33. The minimum absolute atomic E-state index is 0.181. The summed E-state index contributed by atoms with van der Waals surface area (Å²) in [6.07, 6.45) is 2.27. The van der Waals surface area contributed by atoms with Crippen molar-refractivity contribution in [1.29, 1.82) is 0 Å². The molecule has 96 valence electrons. The molecule has 1 aromatic rings. The molecule has 0 bridgehead atoms. The highest BCUT2D eigenvalue weighted by atomic mass is 35.5. The standard InChI is InChI=1S/C14H22ClNO/c1-4-9-16-14(13(5-2)17-3)11-7-6-8-12(15)10-11/h6-8,10,13-14,16H,4-5,9H2,1-3H3. The van der Waals surface area contributed by atoms with Crippen LogP contribution in [0.5, 0.6) is 0 Å². The number of methoxy groups -OCH3 is 1. The van der Waals surface area contributed by atoms with Crippen LogP contribution in [0.25, 0.3) is 0 Å². The van der Waals surface area contributed by atoms with Gasteiger partial charge in [-0.3, -0.25) is 0 Å². The lowest BCUT2D eigenvalue weighted by Gasteiger charge is -2.26. The zero-order chi connectivity index (χ0) is 12.7. The van der Waals surface area contributed by atoms with Crippen LogP contribution in [0.15, 0.2) is 24.3 Å². The molecule has 17 heavy (non-hydrogen) atoms. The first-order valence-electron chi connectivity index (χ1n) is 6.24. The molecule has 0 aliphatic carbocycles. The number of ether oxygens (including phenoxy) is 1. The third-order valence-electron chi connectivity index (χ3n) is 2.90. The number of hydrogen-bond donors (Lipinski definition) is 1. The average molecular weight is 256 g/mol. The van der Waals surface area contributed by atoms with E-state index in [9.17, 15) is 0 Å². The van der Waals surface area contributed by atoms with Crippen molar-refractivity contribution in [3.8, 4) is 0 Å². The van der Waals surface area contributed by atoms with Gasteiger partial charge in [-0.05, 0) is 37.1 Å². The van der Waals surface area contributed by atoms with Crippen LogP contribution >= 0.6 is 11.6 Å². The van der Waals surface area contributed by atoms with Gasteiger partial charge in [-0.2, -0.15) is 0 Å². The predicted octanol–water partition coefficient (Wildman–Crippen LogP) is 3.81. The monoisotopic (exact) mass is 255 g/mol. The minimum Gasteiger partial charge on any atom is -0.379 e. The summed E-state index contributed by atoms with van der Waals surface area (Å²) in [6.45, 7) is 5.28. The number of halogens is 1. The van der Waals surface area contributed by atoms with Gasteiger partial charge in [0.1, 0.15) is 0 Å². The van der Waals surface area contributed by atoms with Crippen LogP contribution < -0.4 is 5.32 Å². The van der Waals surface area contributed by atoms with Crippen molar-refractivity contribution in [3.05, 3.63) is 34.9 Å². The molecule has 2 nitrogen and oxygen atoms in total. The fourth-order valence-electron chi connectivity index (χ4n) is 2.00. The quantitative estimate of drug-likeness (QED) is 0.800. The summed E-state index contributed by atoms with van der Waals surface area (Å²) in [4.78, 5) is 0. The largest absolute Gasteiger partial charge is 0.379 e. The van der Waals surface area contributed by atoms with E-state index >= 15 is 0 Å². The fraction of sp³-hybridized carbons (Fsp3) is 0.571. The Morgan fingerprint density at radius 3 is 2.65 bits per heavy atom. The maximum Gasteiger partial charge on any atom is 0.0763 e. The molecule has 0 spiro atoms. The molecule has 0 heterocycles. The zero-order valence-electron chi connectivity index (χ0n) is 10.9. The molecule has 2 unspecified atom stereocenters. The van der Waals surface area contributed by atoms with Crippen LogP contribution in [0.3, 0.4) is 0 Å². The van der Waals surface area contributed by atoms with Gasteiger partial charge >= 0.3 is 0 Å². The topological polar surface area (TPSA) is 21.3 Å². The molecular formula is C14H22ClNO. The van der Waals surface area contributed by atoms with E-state index in [1.165, 1.54) is 5.56 Å². The SMILES string of the molecule is CCCNC(c1cccc(Cl)c1)C(CC)OC. The van der Waals surface area contributed by atoms with Crippen molar-refractivity contribution in [1.82, 2.24) is 5.32 Å². The fourth-order valence-corrected chi connectivity index (χ4v) is 2.20. The van der Waals surface area contributed by atoms with Gasteiger partial charge in [0.2, 0.25) is 0 Å². The van der Waals surface area contributed by atoms with Gasteiger partial charge in [0, 0.05) is 12.1 Å². The Morgan fingerprint density at radius 1 is 1.35 bits per heavy atom. The predicted molar refractivity (Wildman–Crippen MR) is 73.6 cm³/mol. The van der Waals surface area contributed by atoms with Crippen LogP contribution in [-0.2, 0) is 4.74 Å². The molecule has 1 aromatic carbocycles. The van der Waals surface area contributed by atoms with Gasteiger partial charge < -0.3 is 10.1 Å². The van der Waals surface area contributed by atoms with Crippen LogP contribution in [-0.4, -0.2) is 19.8 Å². The normalized spacial score (nSPS) is 14.6. The summed E-state index contributed by atoms with van der Waals surface area (Å²) in [5, 5.41) is 4.31. The van der Waals surface area contributed by atoms with E-state index in [1.54, 1.807) is 7.11 Å².